The number of benzene rings is 1. The molecule has 3 aromatic rings. The standard InChI is InChI=1S/C15H15IN6O/c16-15-20-13(19-10-5-3-9(17)4-6-10)12-14(21-15)22(8-18-12)11-2-1-7-23-11/h3-6,8,11H,1-2,7,17H2,(H,19,20,21). The molecular weight excluding hydrogens is 407 g/mol. The van der Waals surface area contributed by atoms with Crippen molar-refractivity contribution in [1.82, 2.24) is 19.5 Å². The maximum absolute atomic E-state index is 5.74. The zero-order chi connectivity index (χ0) is 15.8. The van der Waals surface area contributed by atoms with Crippen LogP contribution in [0.25, 0.3) is 11.2 Å². The van der Waals surface area contributed by atoms with Crippen molar-refractivity contribution in [1.29, 1.82) is 0 Å². The van der Waals surface area contributed by atoms with Gasteiger partial charge in [0.15, 0.2) is 20.8 Å². The Kier molecular flexibility index (Phi) is 3.77. The fourth-order valence-corrected chi connectivity index (χ4v) is 3.14. The van der Waals surface area contributed by atoms with Gasteiger partial charge < -0.3 is 15.8 Å². The van der Waals surface area contributed by atoms with E-state index in [1.165, 1.54) is 0 Å². The van der Waals surface area contributed by atoms with Gasteiger partial charge in [-0.2, -0.15) is 0 Å². The molecule has 0 amide bonds. The highest BCUT2D eigenvalue weighted by atomic mass is 127. The largest absolute Gasteiger partial charge is 0.399 e. The highest BCUT2D eigenvalue weighted by molar-refractivity contribution is 14.1. The summed E-state index contributed by atoms with van der Waals surface area (Å²) < 4.78 is 8.39. The molecule has 4 rings (SSSR count). The van der Waals surface area contributed by atoms with Crippen molar-refractivity contribution >= 4 is 50.9 Å². The number of nitrogens with one attached hydrogen (secondary N) is 1. The SMILES string of the molecule is Nc1ccc(Nc2nc(I)nc3c2ncn3C2CCCO2)cc1. The Bertz CT molecular complexity index is 841. The molecule has 0 saturated carbocycles. The minimum Gasteiger partial charge on any atom is -0.399 e. The summed E-state index contributed by atoms with van der Waals surface area (Å²) in [5.41, 5.74) is 8.87. The summed E-state index contributed by atoms with van der Waals surface area (Å²) in [6.07, 6.45) is 3.82. The first-order chi connectivity index (χ1) is 11.2. The Morgan fingerprint density at radius 1 is 1.26 bits per heavy atom. The predicted octanol–water partition coefficient (Wildman–Crippen LogP) is 3.07. The highest BCUT2D eigenvalue weighted by Crippen LogP contribution is 2.29. The van der Waals surface area contributed by atoms with Crippen LogP contribution in [0, 0.1) is 3.83 Å². The van der Waals surface area contributed by atoms with Crippen molar-refractivity contribution in [3.05, 3.63) is 34.4 Å². The monoisotopic (exact) mass is 422 g/mol. The number of ether oxygens (including phenoxy) is 1. The predicted molar refractivity (Wildman–Crippen MR) is 96.4 cm³/mol. The zero-order valence-corrected chi connectivity index (χ0v) is 14.4. The van der Waals surface area contributed by atoms with E-state index >= 15 is 0 Å². The molecule has 1 aliphatic rings. The molecule has 8 heteroatoms. The van der Waals surface area contributed by atoms with Gasteiger partial charge in [0.05, 0.1) is 6.33 Å². The quantitative estimate of drug-likeness (QED) is 0.383. The molecule has 118 valence electrons. The summed E-state index contributed by atoms with van der Waals surface area (Å²) in [5, 5.41) is 3.29. The van der Waals surface area contributed by atoms with Gasteiger partial charge in [0.1, 0.15) is 6.23 Å². The molecule has 23 heavy (non-hydrogen) atoms. The van der Waals surface area contributed by atoms with E-state index in [0.29, 0.717) is 9.65 Å². The van der Waals surface area contributed by atoms with Crippen LogP contribution in [-0.4, -0.2) is 26.1 Å². The lowest BCUT2D eigenvalue weighted by atomic mass is 10.3. The number of hydrogen-bond donors (Lipinski definition) is 2. The molecule has 3 heterocycles. The lowest BCUT2D eigenvalue weighted by Gasteiger charge is -2.12. The van der Waals surface area contributed by atoms with Gasteiger partial charge in [-0.25, -0.2) is 15.0 Å². The van der Waals surface area contributed by atoms with E-state index in [1.54, 1.807) is 6.33 Å². The number of rotatable bonds is 3. The molecule has 3 N–H and O–H groups in total. The van der Waals surface area contributed by atoms with Gasteiger partial charge in [-0.3, -0.25) is 4.57 Å². The van der Waals surface area contributed by atoms with E-state index < -0.39 is 0 Å². The molecule has 0 radical (unpaired) electrons. The zero-order valence-electron chi connectivity index (χ0n) is 12.2. The van der Waals surface area contributed by atoms with E-state index in [0.717, 1.165) is 42.0 Å². The van der Waals surface area contributed by atoms with Crippen molar-refractivity contribution in [3.63, 3.8) is 0 Å². The van der Waals surface area contributed by atoms with Crippen LogP contribution in [0.1, 0.15) is 19.1 Å². The molecule has 1 fully saturated rings. The minimum atomic E-state index is 0.00933. The van der Waals surface area contributed by atoms with Crippen LogP contribution < -0.4 is 11.1 Å². The van der Waals surface area contributed by atoms with Crippen molar-refractivity contribution in [3.8, 4) is 0 Å². The fourth-order valence-electron chi connectivity index (χ4n) is 2.67. The van der Waals surface area contributed by atoms with Crippen LogP contribution in [0.5, 0.6) is 0 Å². The summed E-state index contributed by atoms with van der Waals surface area (Å²) in [4.78, 5) is 13.5. The fraction of sp³-hybridized carbons (Fsp3) is 0.267. The molecule has 0 aliphatic carbocycles. The van der Waals surface area contributed by atoms with Crippen molar-refractivity contribution in [2.45, 2.75) is 19.1 Å². The third kappa shape index (κ3) is 2.83. The van der Waals surface area contributed by atoms with Crippen molar-refractivity contribution in [2.75, 3.05) is 17.7 Å². The molecule has 1 aromatic carbocycles. The number of anilines is 3. The van der Waals surface area contributed by atoms with Gasteiger partial charge in [-0.15, -0.1) is 0 Å². The second-order valence-electron chi connectivity index (χ2n) is 5.38. The molecule has 1 unspecified atom stereocenters. The number of nitrogens with zero attached hydrogens (tertiary/aromatic N) is 4. The van der Waals surface area contributed by atoms with Gasteiger partial charge >= 0.3 is 0 Å². The number of halogens is 1. The maximum Gasteiger partial charge on any atom is 0.194 e. The van der Waals surface area contributed by atoms with Gasteiger partial charge in [0, 0.05) is 40.6 Å². The summed E-state index contributed by atoms with van der Waals surface area (Å²) in [6, 6.07) is 7.51. The number of hydrogen-bond acceptors (Lipinski definition) is 6. The first-order valence-corrected chi connectivity index (χ1v) is 8.43. The molecule has 1 aliphatic heterocycles. The van der Waals surface area contributed by atoms with Crippen LogP contribution in [-0.2, 0) is 4.74 Å². The van der Waals surface area contributed by atoms with Crippen LogP contribution in [0.15, 0.2) is 30.6 Å². The van der Waals surface area contributed by atoms with E-state index in [9.17, 15) is 0 Å². The average molecular weight is 422 g/mol. The Balaban J connectivity index is 1.75. The molecule has 0 spiro atoms. The van der Waals surface area contributed by atoms with Crippen molar-refractivity contribution < 1.29 is 4.74 Å². The van der Waals surface area contributed by atoms with Crippen molar-refractivity contribution in [2.24, 2.45) is 0 Å². The molecular formula is C15H15IN6O. The lowest BCUT2D eigenvalue weighted by molar-refractivity contribution is 0.0592. The number of aromatic nitrogens is 4. The smallest absolute Gasteiger partial charge is 0.194 e. The molecule has 7 nitrogen and oxygen atoms in total. The second kappa shape index (κ2) is 5.93. The second-order valence-corrected chi connectivity index (χ2v) is 6.34. The molecule has 1 saturated heterocycles. The van der Waals surface area contributed by atoms with Gasteiger partial charge in [0.2, 0.25) is 0 Å². The summed E-state index contributed by atoms with van der Waals surface area (Å²) in [5.74, 6) is 0.681. The van der Waals surface area contributed by atoms with Crippen LogP contribution in [0.2, 0.25) is 0 Å². The van der Waals surface area contributed by atoms with E-state index in [2.05, 4.69) is 42.9 Å². The third-order valence-corrected chi connectivity index (χ3v) is 4.27. The van der Waals surface area contributed by atoms with Gasteiger partial charge in [-0.05, 0) is 37.1 Å². The third-order valence-electron chi connectivity index (χ3n) is 3.78. The molecule has 0 bridgehead atoms. The van der Waals surface area contributed by atoms with E-state index in [4.69, 9.17) is 10.5 Å². The topological polar surface area (TPSA) is 90.9 Å². The highest BCUT2D eigenvalue weighted by Gasteiger charge is 2.22. The number of imidazole rings is 1. The van der Waals surface area contributed by atoms with Gasteiger partial charge in [0.25, 0.3) is 0 Å². The first-order valence-electron chi connectivity index (χ1n) is 7.35. The number of nitrogen functional groups attached to an aromatic ring is 1. The Morgan fingerprint density at radius 3 is 2.83 bits per heavy atom. The van der Waals surface area contributed by atoms with Crippen LogP contribution in [0.3, 0.4) is 0 Å². The summed E-state index contributed by atoms with van der Waals surface area (Å²) in [7, 11) is 0. The molecule has 1 atom stereocenters. The number of fused-ring (bicyclic) bond motifs is 1. The Hall–Kier alpha value is -1.94. The minimum absolute atomic E-state index is 0.00933. The summed E-state index contributed by atoms with van der Waals surface area (Å²) >= 11 is 2.11. The average Bonchev–Trinajstić information content (AvgIpc) is 3.18. The van der Waals surface area contributed by atoms with E-state index in [-0.39, 0.29) is 6.23 Å². The Morgan fingerprint density at radius 2 is 2.09 bits per heavy atom. The van der Waals surface area contributed by atoms with Crippen LogP contribution >= 0.6 is 22.6 Å². The first kappa shape index (κ1) is 14.6. The Labute approximate surface area is 146 Å². The van der Waals surface area contributed by atoms with Crippen LogP contribution in [0.4, 0.5) is 17.2 Å². The van der Waals surface area contributed by atoms with E-state index in [1.807, 2.05) is 28.8 Å². The number of nitrogens with two attached hydrogens (primary N) is 1. The maximum atomic E-state index is 5.74. The molecule has 2 aromatic heterocycles. The van der Waals surface area contributed by atoms with Gasteiger partial charge in [-0.1, -0.05) is 0 Å². The lowest BCUT2D eigenvalue weighted by Crippen LogP contribution is -2.08. The summed E-state index contributed by atoms with van der Waals surface area (Å²) in [6.45, 7) is 0.781. The normalized spacial score (nSPS) is 17.7.